The van der Waals surface area contributed by atoms with Crippen molar-refractivity contribution in [2.75, 3.05) is 5.32 Å². The standard InChI is InChI=1S/C20H17N5OS/c1-13(24-25-19(26)17-6-4-12-21-17)14-8-10-15(11-9-14)22-20-23-16-5-2-3-7-18(16)27-20/h2-12,21H,1H3,(H,22,23)(H,25,26)/b24-13-. The molecule has 0 fully saturated rings. The van der Waals surface area contributed by atoms with E-state index in [2.05, 4.69) is 31.9 Å². The summed E-state index contributed by atoms with van der Waals surface area (Å²) in [6.07, 6.45) is 1.70. The van der Waals surface area contributed by atoms with Crippen LogP contribution in [-0.2, 0) is 0 Å². The predicted octanol–water partition coefficient (Wildman–Crippen LogP) is 4.52. The van der Waals surface area contributed by atoms with E-state index in [-0.39, 0.29) is 5.91 Å². The largest absolute Gasteiger partial charge is 0.357 e. The number of rotatable bonds is 5. The number of carbonyl (C=O) groups is 1. The SMILES string of the molecule is C/C(=N/NC(=O)c1ccc[nH]1)c1ccc(Nc2nc3ccccc3s2)cc1. The van der Waals surface area contributed by atoms with E-state index in [0.717, 1.165) is 32.3 Å². The van der Waals surface area contributed by atoms with Gasteiger partial charge in [0.15, 0.2) is 5.13 Å². The number of amides is 1. The van der Waals surface area contributed by atoms with E-state index >= 15 is 0 Å². The zero-order chi connectivity index (χ0) is 18.6. The smallest absolute Gasteiger partial charge is 0.287 e. The van der Waals surface area contributed by atoms with Crippen LogP contribution in [0.15, 0.2) is 72.0 Å². The number of nitrogens with one attached hydrogen (secondary N) is 3. The number of carbonyl (C=O) groups excluding carboxylic acids is 1. The number of aromatic nitrogens is 2. The van der Waals surface area contributed by atoms with E-state index in [1.54, 1.807) is 29.7 Å². The summed E-state index contributed by atoms with van der Waals surface area (Å²) in [5.41, 5.74) is 6.61. The Bertz CT molecular complexity index is 1060. The van der Waals surface area contributed by atoms with Crippen molar-refractivity contribution < 1.29 is 4.79 Å². The molecular weight excluding hydrogens is 358 g/mol. The van der Waals surface area contributed by atoms with Crippen LogP contribution in [0.2, 0.25) is 0 Å². The van der Waals surface area contributed by atoms with E-state index in [0.29, 0.717) is 5.69 Å². The summed E-state index contributed by atoms with van der Waals surface area (Å²) in [6.45, 7) is 1.85. The molecule has 0 saturated carbocycles. The molecule has 6 nitrogen and oxygen atoms in total. The van der Waals surface area contributed by atoms with Crippen LogP contribution in [0.4, 0.5) is 10.8 Å². The monoisotopic (exact) mass is 375 g/mol. The summed E-state index contributed by atoms with van der Waals surface area (Å²) in [5, 5.41) is 8.34. The van der Waals surface area contributed by atoms with Gasteiger partial charge in [0.05, 0.1) is 15.9 Å². The molecule has 7 heteroatoms. The highest BCUT2D eigenvalue weighted by atomic mass is 32.1. The van der Waals surface area contributed by atoms with Gasteiger partial charge in [0, 0.05) is 11.9 Å². The Balaban J connectivity index is 1.43. The first-order chi connectivity index (χ1) is 13.2. The molecule has 0 bridgehead atoms. The molecule has 27 heavy (non-hydrogen) atoms. The fourth-order valence-corrected chi connectivity index (χ4v) is 3.46. The van der Waals surface area contributed by atoms with E-state index in [1.165, 1.54) is 0 Å². The Morgan fingerprint density at radius 3 is 2.63 bits per heavy atom. The lowest BCUT2D eigenvalue weighted by Crippen LogP contribution is -2.19. The van der Waals surface area contributed by atoms with Crippen LogP contribution in [0.3, 0.4) is 0 Å². The van der Waals surface area contributed by atoms with Crippen LogP contribution < -0.4 is 10.7 Å². The fourth-order valence-electron chi connectivity index (χ4n) is 2.57. The molecule has 4 rings (SSSR count). The molecule has 4 aromatic rings. The van der Waals surface area contributed by atoms with Crippen molar-refractivity contribution in [1.82, 2.24) is 15.4 Å². The van der Waals surface area contributed by atoms with E-state index < -0.39 is 0 Å². The van der Waals surface area contributed by atoms with E-state index in [9.17, 15) is 4.79 Å². The molecular formula is C20H17N5OS. The van der Waals surface area contributed by atoms with Crippen molar-refractivity contribution in [1.29, 1.82) is 0 Å². The predicted molar refractivity (Wildman–Crippen MR) is 110 cm³/mol. The number of benzene rings is 2. The molecule has 0 unspecified atom stereocenters. The van der Waals surface area contributed by atoms with Gasteiger partial charge >= 0.3 is 0 Å². The zero-order valence-corrected chi connectivity index (χ0v) is 15.4. The van der Waals surface area contributed by atoms with Crippen molar-refractivity contribution in [3.63, 3.8) is 0 Å². The van der Waals surface area contributed by atoms with Gasteiger partial charge in [0.2, 0.25) is 0 Å². The van der Waals surface area contributed by atoms with Crippen LogP contribution >= 0.6 is 11.3 Å². The first-order valence-electron chi connectivity index (χ1n) is 8.40. The summed E-state index contributed by atoms with van der Waals surface area (Å²) in [6, 6.07) is 19.4. The number of anilines is 2. The molecule has 0 saturated heterocycles. The third-order valence-corrected chi connectivity index (χ3v) is 4.97. The van der Waals surface area contributed by atoms with Gasteiger partial charge in [0.25, 0.3) is 5.91 Å². The Labute approximate surface area is 160 Å². The van der Waals surface area contributed by atoms with Gasteiger partial charge in [-0.05, 0) is 48.9 Å². The minimum atomic E-state index is -0.270. The lowest BCUT2D eigenvalue weighted by molar-refractivity contribution is 0.0950. The van der Waals surface area contributed by atoms with Crippen molar-refractivity contribution >= 4 is 44.0 Å². The summed E-state index contributed by atoms with van der Waals surface area (Å²) >= 11 is 1.62. The van der Waals surface area contributed by atoms with Gasteiger partial charge in [-0.3, -0.25) is 4.79 Å². The molecule has 0 aliphatic heterocycles. The maximum Gasteiger partial charge on any atom is 0.287 e. The Morgan fingerprint density at radius 2 is 1.89 bits per heavy atom. The van der Waals surface area contributed by atoms with E-state index in [1.807, 2.05) is 49.4 Å². The molecule has 0 radical (unpaired) electrons. The van der Waals surface area contributed by atoms with E-state index in [4.69, 9.17) is 0 Å². The number of hydrogen-bond donors (Lipinski definition) is 3. The van der Waals surface area contributed by atoms with Gasteiger partial charge in [-0.2, -0.15) is 5.10 Å². The summed E-state index contributed by atoms with van der Waals surface area (Å²) in [4.78, 5) is 19.3. The number of para-hydroxylation sites is 1. The average molecular weight is 375 g/mol. The number of H-pyrrole nitrogens is 1. The summed E-state index contributed by atoms with van der Waals surface area (Å²) in [7, 11) is 0. The van der Waals surface area contributed by atoms with Crippen molar-refractivity contribution in [3.05, 3.63) is 78.1 Å². The normalized spacial score (nSPS) is 11.5. The van der Waals surface area contributed by atoms with Crippen molar-refractivity contribution in [2.24, 2.45) is 5.10 Å². The Hall–Kier alpha value is -3.45. The Kier molecular flexibility index (Phi) is 4.67. The highest BCUT2D eigenvalue weighted by Gasteiger charge is 2.06. The van der Waals surface area contributed by atoms with Crippen LogP contribution in [0.1, 0.15) is 23.0 Å². The topological polar surface area (TPSA) is 82.2 Å². The maximum absolute atomic E-state index is 11.9. The second kappa shape index (κ2) is 7.43. The number of aromatic amines is 1. The minimum Gasteiger partial charge on any atom is -0.357 e. The number of fused-ring (bicyclic) bond motifs is 1. The fraction of sp³-hybridized carbons (Fsp3) is 0.0500. The maximum atomic E-state index is 11.9. The molecule has 134 valence electrons. The zero-order valence-electron chi connectivity index (χ0n) is 14.6. The van der Waals surface area contributed by atoms with Gasteiger partial charge < -0.3 is 10.3 Å². The van der Waals surface area contributed by atoms with Crippen molar-refractivity contribution in [2.45, 2.75) is 6.92 Å². The second-order valence-corrected chi connectivity index (χ2v) is 6.94. The highest BCUT2D eigenvalue weighted by Crippen LogP contribution is 2.28. The van der Waals surface area contributed by atoms with Gasteiger partial charge in [-0.1, -0.05) is 35.6 Å². The van der Waals surface area contributed by atoms with Crippen LogP contribution in [0, 0.1) is 0 Å². The molecule has 1 amide bonds. The number of nitrogens with zero attached hydrogens (tertiary/aromatic N) is 2. The lowest BCUT2D eigenvalue weighted by atomic mass is 10.1. The summed E-state index contributed by atoms with van der Waals surface area (Å²) < 4.78 is 1.15. The first-order valence-corrected chi connectivity index (χ1v) is 9.22. The van der Waals surface area contributed by atoms with Gasteiger partial charge in [-0.25, -0.2) is 10.4 Å². The average Bonchev–Trinajstić information content (AvgIpc) is 3.35. The van der Waals surface area contributed by atoms with Gasteiger partial charge in [-0.15, -0.1) is 0 Å². The molecule has 2 aromatic carbocycles. The minimum absolute atomic E-state index is 0.270. The quantitative estimate of drug-likeness (QED) is 0.354. The lowest BCUT2D eigenvalue weighted by Gasteiger charge is -2.05. The van der Waals surface area contributed by atoms with Crippen molar-refractivity contribution in [3.8, 4) is 0 Å². The highest BCUT2D eigenvalue weighted by molar-refractivity contribution is 7.22. The molecule has 0 aliphatic carbocycles. The molecule has 2 heterocycles. The number of hydrazone groups is 1. The molecule has 0 spiro atoms. The number of hydrogen-bond acceptors (Lipinski definition) is 5. The number of thiazole rings is 1. The summed E-state index contributed by atoms with van der Waals surface area (Å²) in [5.74, 6) is -0.270. The van der Waals surface area contributed by atoms with Crippen LogP contribution in [-0.4, -0.2) is 21.6 Å². The second-order valence-electron chi connectivity index (χ2n) is 5.91. The third kappa shape index (κ3) is 3.88. The van der Waals surface area contributed by atoms with Crippen LogP contribution in [0.25, 0.3) is 10.2 Å². The molecule has 0 aliphatic rings. The third-order valence-electron chi connectivity index (χ3n) is 4.02. The van der Waals surface area contributed by atoms with Crippen LogP contribution in [0.5, 0.6) is 0 Å². The Morgan fingerprint density at radius 1 is 1.07 bits per heavy atom. The molecule has 0 atom stereocenters. The van der Waals surface area contributed by atoms with Gasteiger partial charge in [0.1, 0.15) is 5.69 Å². The molecule has 3 N–H and O–H groups in total. The first kappa shape index (κ1) is 17.0. The molecule has 2 aromatic heterocycles.